The van der Waals surface area contributed by atoms with E-state index in [0.29, 0.717) is 12.3 Å². The highest BCUT2D eigenvalue weighted by molar-refractivity contribution is 5.79. The van der Waals surface area contributed by atoms with Gasteiger partial charge in [-0.15, -0.1) is 0 Å². The van der Waals surface area contributed by atoms with E-state index in [1.807, 2.05) is 0 Å². The molecule has 0 aromatic rings. The molecule has 78 valence electrons. The van der Waals surface area contributed by atoms with Gasteiger partial charge < -0.3 is 15.8 Å². The average Bonchev–Trinajstić information content (AvgIpc) is 2.12. The molecule has 0 aromatic carbocycles. The zero-order valence-electron chi connectivity index (χ0n) is 8.66. The predicted molar refractivity (Wildman–Crippen MR) is 55.0 cm³/mol. The molecule has 0 spiro atoms. The van der Waals surface area contributed by atoms with Crippen LogP contribution in [0.3, 0.4) is 0 Å². The third kappa shape index (κ3) is 7.59. The largest absolute Gasteiger partial charge is 0.409 e. The summed E-state index contributed by atoms with van der Waals surface area (Å²) in [7, 11) is 2.12. The fourth-order valence-electron chi connectivity index (χ4n) is 1.23. The Morgan fingerprint density at radius 1 is 1.38 bits per heavy atom. The van der Waals surface area contributed by atoms with Crippen LogP contribution in [0, 0.1) is 0 Å². The molecule has 0 aliphatic rings. The molecule has 4 heteroatoms. The smallest absolute Gasteiger partial charge is 0.139 e. The fourth-order valence-corrected chi connectivity index (χ4v) is 1.23. The molecular formula is C9H21N3O. The average molecular weight is 187 g/mol. The second-order valence-corrected chi connectivity index (χ2v) is 3.35. The monoisotopic (exact) mass is 187 g/mol. The van der Waals surface area contributed by atoms with E-state index in [0.717, 1.165) is 25.9 Å². The first kappa shape index (κ1) is 12.2. The van der Waals surface area contributed by atoms with Gasteiger partial charge in [0.15, 0.2) is 0 Å². The second kappa shape index (κ2) is 7.86. The van der Waals surface area contributed by atoms with Crippen molar-refractivity contribution in [3.05, 3.63) is 0 Å². The van der Waals surface area contributed by atoms with Crippen molar-refractivity contribution in [1.82, 2.24) is 4.90 Å². The maximum atomic E-state index is 8.28. The van der Waals surface area contributed by atoms with Gasteiger partial charge in [0.25, 0.3) is 0 Å². The van der Waals surface area contributed by atoms with E-state index in [1.165, 1.54) is 6.42 Å². The van der Waals surface area contributed by atoms with Crippen LogP contribution in [0.4, 0.5) is 0 Å². The van der Waals surface area contributed by atoms with Gasteiger partial charge in [0.2, 0.25) is 0 Å². The number of amidine groups is 1. The number of nitrogens with two attached hydrogens (primary N) is 1. The molecular weight excluding hydrogens is 166 g/mol. The van der Waals surface area contributed by atoms with Crippen LogP contribution in [-0.4, -0.2) is 36.1 Å². The SMILES string of the molecule is CCCN(C)CCCC/C(N)=N/O. The van der Waals surface area contributed by atoms with Crippen molar-refractivity contribution in [3.63, 3.8) is 0 Å². The molecule has 0 fully saturated rings. The minimum Gasteiger partial charge on any atom is -0.409 e. The van der Waals surface area contributed by atoms with Crippen LogP contribution in [-0.2, 0) is 0 Å². The van der Waals surface area contributed by atoms with E-state index in [4.69, 9.17) is 10.9 Å². The Morgan fingerprint density at radius 2 is 2.08 bits per heavy atom. The lowest BCUT2D eigenvalue weighted by Gasteiger charge is -2.14. The molecule has 0 atom stereocenters. The maximum Gasteiger partial charge on any atom is 0.139 e. The van der Waals surface area contributed by atoms with E-state index in [-0.39, 0.29) is 0 Å². The lowest BCUT2D eigenvalue weighted by Crippen LogP contribution is -2.20. The van der Waals surface area contributed by atoms with Gasteiger partial charge in [-0.05, 0) is 39.4 Å². The number of nitrogens with zero attached hydrogens (tertiary/aromatic N) is 2. The Kier molecular flexibility index (Phi) is 7.39. The number of hydrogen-bond donors (Lipinski definition) is 2. The van der Waals surface area contributed by atoms with E-state index in [1.54, 1.807) is 0 Å². The third-order valence-electron chi connectivity index (χ3n) is 1.96. The summed E-state index contributed by atoms with van der Waals surface area (Å²) in [4.78, 5) is 2.30. The summed E-state index contributed by atoms with van der Waals surface area (Å²) in [5.74, 6) is 0.332. The number of unbranched alkanes of at least 4 members (excludes halogenated alkanes) is 1. The highest BCUT2D eigenvalue weighted by Crippen LogP contribution is 1.97. The van der Waals surface area contributed by atoms with Gasteiger partial charge in [0.05, 0.1) is 0 Å². The van der Waals surface area contributed by atoms with Crippen molar-refractivity contribution < 1.29 is 5.21 Å². The molecule has 4 nitrogen and oxygen atoms in total. The van der Waals surface area contributed by atoms with Crippen molar-refractivity contribution >= 4 is 5.84 Å². The van der Waals surface area contributed by atoms with E-state index < -0.39 is 0 Å². The summed E-state index contributed by atoms with van der Waals surface area (Å²) in [5, 5.41) is 11.2. The van der Waals surface area contributed by atoms with Gasteiger partial charge in [-0.2, -0.15) is 0 Å². The Labute approximate surface area is 80.4 Å². The highest BCUT2D eigenvalue weighted by Gasteiger charge is 1.97. The van der Waals surface area contributed by atoms with Crippen molar-refractivity contribution in [1.29, 1.82) is 0 Å². The third-order valence-corrected chi connectivity index (χ3v) is 1.96. The van der Waals surface area contributed by atoms with E-state index in [2.05, 4.69) is 24.0 Å². The molecule has 0 aliphatic heterocycles. The van der Waals surface area contributed by atoms with Crippen molar-refractivity contribution in [3.8, 4) is 0 Å². The predicted octanol–water partition coefficient (Wildman–Crippen LogP) is 1.24. The molecule has 0 radical (unpaired) electrons. The van der Waals surface area contributed by atoms with Crippen molar-refractivity contribution in [2.75, 3.05) is 20.1 Å². The first-order valence-electron chi connectivity index (χ1n) is 4.85. The Morgan fingerprint density at radius 3 is 2.62 bits per heavy atom. The zero-order chi connectivity index (χ0) is 10.1. The quantitative estimate of drug-likeness (QED) is 0.207. The normalized spacial score (nSPS) is 12.4. The molecule has 0 bridgehead atoms. The molecule has 13 heavy (non-hydrogen) atoms. The minimum absolute atomic E-state index is 0.332. The molecule has 0 heterocycles. The molecule has 0 amide bonds. The van der Waals surface area contributed by atoms with Crippen LogP contribution < -0.4 is 5.73 Å². The van der Waals surface area contributed by atoms with Crippen LogP contribution in [0.2, 0.25) is 0 Å². The van der Waals surface area contributed by atoms with Gasteiger partial charge in [-0.25, -0.2) is 0 Å². The van der Waals surface area contributed by atoms with Crippen LogP contribution in [0.5, 0.6) is 0 Å². The lowest BCUT2D eigenvalue weighted by atomic mass is 10.2. The van der Waals surface area contributed by atoms with Crippen molar-refractivity contribution in [2.45, 2.75) is 32.6 Å². The molecule has 0 unspecified atom stereocenters. The summed E-state index contributed by atoms with van der Waals surface area (Å²) in [6.45, 7) is 4.41. The first-order chi connectivity index (χ1) is 6.20. The molecule has 0 rings (SSSR count). The highest BCUT2D eigenvalue weighted by atomic mass is 16.4. The molecule has 3 N–H and O–H groups in total. The van der Waals surface area contributed by atoms with Gasteiger partial charge in [0, 0.05) is 6.42 Å². The fraction of sp³-hybridized carbons (Fsp3) is 0.889. The van der Waals surface area contributed by atoms with Gasteiger partial charge >= 0.3 is 0 Å². The lowest BCUT2D eigenvalue weighted by molar-refractivity contribution is 0.314. The number of oxime groups is 1. The van der Waals surface area contributed by atoms with E-state index >= 15 is 0 Å². The Balaban J connectivity index is 3.25. The minimum atomic E-state index is 0.332. The van der Waals surface area contributed by atoms with Gasteiger partial charge in [-0.1, -0.05) is 12.1 Å². The van der Waals surface area contributed by atoms with Crippen LogP contribution in [0.1, 0.15) is 32.6 Å². The second-order valence-electron chi connectivity index (χ2n) is 3.35. The number of rotatable bonds is 7. The summed E-state index contributed by atoms with van der Waals surface area (Å²) in [6, 6.07) is 0. The Hall–Kier alpha value is -0.770. The van der Waals surface area contributed by atoms with Gasteiger partial charge in [-0.3, -0.25) is 0 Å². The van der Waals surface area contributed by atoms with Crippen LogP contribution >= 0.6 is 0 Å². The molecule has 0 saturated heterocycles. The van der Waals surface area contributed by atoms with Gasteiger partial charge in [0.1, 0.15) is 5.84 Å². The van der Waals surface area contributed by atoms with E-state index in [9.17, 15) is 0 Å². The molecule has 0 aromatic heterocycles. The maximum absolute atomic E-state index is 8.28. The summed E-state index contributed by atoms with van der Waals surface area (Å²) >= 11 is 0. The number of hydrogen-bond acceptors (Lipinski definition) is 3. The zero-order valence-corrected chi connectivity index (χ0v) is 8.66. The summed E-state index contributed by atoms with van der Waals surface area (Å²) in [5.41, 5.74) is 5.33. The van der Waals surface area contributed by atoms with Crippen LogP contribution in [0.25, 0.3) is 0 Å². The Bertz CT molecular complexity index is 148. The standard InChI is InChI=1S/C9H21N3O/c1-3-7-12(2)8-5-4-6-9(10)11-13/h13H,3-8H2,1-2H3,(H2,10,11). The van der Waals surface area contributed by atoms with Crippen molar-refractivity contribution in [2.24, 2.45) is 10.9 Å². The first-order valence-corrected chi connectivity index (χ1v) is 4.85. The molecule has 0 aliphatic carbocycles. The summed E-state index contributed by atoms with van der Waals surface area (Å²) < 4.78 is 0. The topological polar surface area (TPSA) is 61.8 Å². The van der Waals surface area contributed by atoms with Crippen LogP contribution in [0.15, 0.2) is 5.16 Å². The summed E-state index contributed by atoms with van der Waals surface area (Å²) in [6.07, 6.45) is 3.98. The molecule has 0 saturated carbocycles.